The predicted molar refractivity (Wildman–Crippen MR) is 105 cm³/mol. The average Bonchev–Trinajstić information content (AvgIpc) is 3.21. The zero-order chi connectivity index (χ0) is 19.9. The number of hydrogen-bond acceptors (Lipinski definition) is 4. The van der Waals surface area contributed by atoms with Gasteiger partial charge in [-0.15, -0.1) is 0 Å². The monoisotopic (exact) mass is 384 g/mol. The van der Waals surface area contributed by atoms with Crippen molar-refractivity contribution in [3.63, 3.8) is 0 Å². The molecule has 1 unspecified atom stereocenters. The van der Waals surface area contributed by atoms with Gasteiger partial charge < -0.3 is 19.0 Å². The molecule has 0 N–H and O–H groups in total. The molecule has 2 heterocycles. The molecule has 0 spiro atoms. The SMILES string of the molecule is CC(C)C(=O)N(Cc1ccco1)CC1CN(C(=O)Cc2ccccc2)CCO1. The number of benzene rings is 1. The normalized spacial score (nSPS) is 17.0. The van der Waals surface area contributed by atoms with Crippen LogP contribution in [-0.4, -0.2) is 54.0 Å². The van der Waals surface area contributed by atoms with Crippen LogP contribution in [0.3, 0.4) is 0 Å². The van der Waals surface area contributed by atoms with Crippen molar-refractivity contribution in [3.05, 3.63) is 60.1 Å². The van der Waals surface area contributed by atoms with Gasteiger partial charge in [-0.05, 0) is 17.7 Å². The number of rotatable bonds is 7. The van der Waals surface area contributed by atoms with Gasteiger partial charge in [0, 0.05) is 25.6 Å². The molecule has 1 fully saturated rings. The molecule has 150 valence electrons. The summed E-state index contributed by atoms with van der Waals surface area (Å²) in [7, 11) is 0. The lowest BCUT2D eigenvalue weighted by atomic mass is 10.1. The number of ether oxygens (including phenoxy) is 1. The van der Waals surface area contributed by atoms with Crippen molar-refractivity contribution >= 4 is 11.8 Å². The van der Waals surface area contributed by atoms with Gasteiger partial charge in [0.2, 0.25) is 11.8 Å². The topological polar surface area (TPSA) is 63.0 Å². The fourth-order valence-corrected chi connectivity index (χ4v) is 3.37. The molecule has 1 aliphatic heterocycles. The van der Waals surface area contributed by atoms with Crippen LogP contribution in [0.15, 0.2) is 53.1 Å². The van der Waals surface area contributed by atoms with E-state index in [0.717, 1.165) is 11.3 Å². The van der Waals surface area contributed by atoms with Gasteiger partial charge >= 0.3 is 0 Å². The zero-order valence-corrected chi connectivity index (χ0v) is 16.5. The molecule has 3 rings (SSSR count). The van der Waals surface area contributed by atoms with E-state index in [4.69, 9.17) is 9.15 Å². The summed E-state index contributed by atoms with van der Waals surface area (Å²) < 4.78 is 11.3. The van der Waals surface area contributed by atoms with E-state index in [0.29, 0.717) is 39.2 Å². The summed E-state index contributed by atoms with van der Waals surface area (Å²) in [6.45, 7) is 6.16. The molecule has 2 aromatic rings. The minimum absolute atomic E-state index is 0.0488. The Labute approximate surface area is 166 Å². The Morgan fingerprint density at radius 1 is 1.18 bits per heavy atom. The van der Waals surface area contributed by atoms with Crippen molar-refractivity contribution in [1.82, 2.24) is 9.80 Å². The van der Waals surface area contributed by atoms with Gasteiger partial charge in [0.15, 0.2) is 0 Å². The third kappa shape index (κ3) is 5.45. The molecule has 0 saturated carbocycles. The number of nitrogens with zero attached hydrogens (tertiary/aromatic N) is 2. The van der Waals surface area contributed by atoms with Crippen molar-refractivity contribution in [2.24, 2.45) is 5.92 Å². The predicted octanol–water partition coefficient (Wildman–Crippen LogP) is 2.73. The molecule has 6 heteroatoms. The fourth-order valence-electron chi connectivity index (χ4n) is 3.37. The van der Waals surface area contributed by atoms with Crippen LogP contribution in [0, 0.1) is 5.92 Å². The first kappa shape index (κ1) is 20.1. The van der Waals surface area contributed by atoms with E-state index in [9.17, 15) is 9.59 Å². The Morgan fingerprint density at radius 3 is 2.64 bits per heavy atom. The number of carbonyl (C=O) groups excluding carboxylic acids is 2. The van der Waals surface area contributed by atoms with Crippen LogP contribution in [0.1, 0.15) is 25.2 Å². The summed E-state index contributed by atoms with van der Waals surface area (Å²) in [6, 6.07) is 13.4. The highest BCUT2D eigenvalue weighted by atomic mass is 16.5. The first-order valence-electron chi connectivity index (χ1n) is 9.77. The molecule has 2 amide bonds. The minimum atomic E-state index is -0.203. The van der Waals surface area contributed by atoms with E-state index >= 15 is 0 Å². The lowest BCUT2D eigenvalue weighted by Gasteiger charge is -2.36. The Morgan fingerprint density at radius 2 is 1.96 bits per heavy atom. The number of amides is 2. The number of furan rings is 1. The molecule has 1 atom stereocenters. The molecule has 1 aromatic carbocycles. The second kappa shape index (κ2) is 9.55. The van der Waals surface area contributed by atoms with E-state index in [2.05, 4.69) is 0 Å². The van der Waals surface area contributed by atoms with Crippen molar-refractivity contribution < 1.29 is 18.7 Å². The van der Waals surface area contributed by atoms with Gasteiger partial charge in [-0.25, -0.2) is 0 Å². The van der Waals surface area contributed by atoms with Crippen LogP contribution < -0.4 is 0 Å². The number of morpholine rings is 1. The molecule has 28 heavy (non-hydrogen) atoms. The third-order valence-electron chi connectivity index (χ3n) is 4.85. The van der Waals surface area contributed by atoms with E-state index < -0.39 is 0 Å². The van der Waals surface area contributed by atoms with Crippen LogP contribution >= 0.6 is 0 Å². The summed E-state index contributed by atoms with van der Waals surface area (Å²) in [6.07, 6.45) is 1.79. The molecule has 0 aliphatic carbocycles. The van der Waals surface area contributed by atoms with Crippen molar-refractivity contribution in [1.29, 1.82) is 0 Å². The molecule has 0 bridgehead atoms. The van der Waals surface area contributed by atoms with Crippen LogP contribution in [0.25, 0.3) is 0 Å². The molecule has 0 radical (unpaired) electrons. The van der Waals surface area contributed by atoms with Gasteiger partial charge in [0.1, 0.15) is 5.76 Å². The highest BCUT2D eigenvalue weighted by molar-refractivity contribution is 5.79. The fraction of sp³-hybridized carbons (Fsp3) is 0.455. The summed E-state index contributed by atoms with van der Waals surface area (Å²) in [5.74, 6) is 0.760. The van der Waals surface area contributed by atoms with Crippen molar-refractivity contribution in [2.75, 3.05) is 26.2 Å². The minimum Gasteiger partial charge on any atom is -0.467 e. The largest absolute Gasteiger partial charge is 0.467 e. The Hall–Kier alpha value is -2.60. The maximum absolute atomic E-state index is 12.7. The van der Waals surface area contributed by atoms with Crippen molar-refractivity contribution in [2.45, 2.75) is 32.9 Å². The Bertz CT molecular complexity index is 758. The van der Waals surface area contributed by atoms with E-state index in [1.165, 1.54) is 0 Å². The Kier molecular flexibility index (Phi) is 6.87. The standard InChI is InChI=1S/C22H28N2O4/c1-17(2)22(26)24(14-19-9-6-11-27-19)16-20-15-23(10-12-28-20)21(25)13-18-7-4-3-5-8-18/h3-9,11,17,20H,10,12-16H2,1-2H3. The molecule has 1 aliphatic rings. The van der Waals surface area contributed by atoms with Gasteiger partial charge in [-0.1, -0.05) is 44.2 Å². The van der Waals surface area contributed by atoms with Gasteiger partial charge in [0.05, 0.1) is 31.9 Å². The highest BCUT2D eigenvalue weighted by Gasteiger charge is 2.28. The molecule has 1 aromatic heterocycles. The van der Waals surface area contributed by atoms with Crippen LogP contribution in [0.4, 0.5) is 0 Å². The second-order valence-corrected chi connectivity index (χ2v) is 7.45. The molecule has 1 saturated heterocycles. The maximum Gasteiger partial charge on any atom is 0.227 e. The number of hydrogen-bond donors (Lipinski definition) is 0. The lowest BCUT2D eigenvalue weighted by molar-refractivity contribution is -0.143. The molecular formula is C22H28N2O4. The first-order chi connectivity index (χ1) is 13.5. The Balaban J connectivity index is 1.61. The summed E-state index contributed by atoms with van der Waals surface area (Å²) >= 11 is 0. The second-order valence-electron chi connectivity index (χ2n) is 7.45. The summed E-state index contributed by atoms with van der Waals surface area (Å²) in [4.78, 5) is 28.9. The molecule has 6 nitrogen and oxygen atoms in total. The van der Waals surface area contributed by atoms with Gasteiger partial charge in [0.25, 0.3) is 0 Å². The number of carbonyl (C=O) groups is 2. The smallest absolute Gasteiger partial charge is 0.227 e. The highest BCUT2D eigenvalue weighted by Crippen LogP contribution is 2.15. The molecular weight excluding hydrogens is 356 g/mol. The van der Waals surface area contributed by atoms with Crippen molar-refractivity contribution in [3.8, 4) is 0 Å². The van der Waals surface area contributed by atoms with Crippen LogP contribution in [0.5, 0.6) is 0 Å². The lowest BCUT2D eigenvalue weighted by Crippen LogP contribution is -2.51. The maximum atomic E-state index is 12.7. The van der Waals surface area contributed by atoms with Gasteiger partial charge in [-0.2, -0.15) is 0 Å². The van der Waals surface area contributed by atoms with E-state index in [-0.39, 0.29) is 23.8 Å². The van der Waals surface area contributed by atoms with E-state index in [1.54, 1.807) is 11.2 Å². The average molecular weight is 384 g/mol. The van der Waals surface area contributed by atoms with Crippen LogP contribution in [-0.2, 0) is 27.3 Å². The van der Waals surface area contributed by atoms with Gasteiger partial charge in [-0.3, -0.25) is 9.59 Å². The van der Waals surface area contributed by atoms with E-state index in [1.807, 2.05) is 61.2 Å². The first-order valence-corrected chi connectivity index (χ1v) is 9.77. The summed E-state index contributed by atoms with van der Waals surface area (Å²) in [5.41, 5.74) is 1.00. The zero-order valence-electron chi connectivity index (χ0n) is 16.5. The quantitative estimate of drug-likeness (QED) is 0.736. The third-order valence-corrected chi connectivity index (χ3v) is 4.85. The van der Waals surface area contributed by atoms with Crippen LogP contribution in [0.2, 0.25) is 0 Å². The summed E-state index contributed by atoms with van der Waals surface area (Å²) in [5, 5.41) is 0.